The molecule has 1 amide bonds. The molecular weight excluding hydrogens is 231 g/mol. The summed E-state index contributed by atoms with van der Waals surface area (Å²) in [7, 11) is 0. The molecule has 1 saturated heterocycles. The molecule has 0 saturated carbocycles. The Morgan fingerprint density at radius 3 is 2.31 bits per heavy atom. The molecule has 0 aliphatic carbocycles. The molecule has 0 bridgehead atoms. The number of rotatable bonds is 1. The van der Waals surface area contributed by atoms with E-state index in [1.54, 1.807) is 0 Å². The highest BCUT2D eigenvalue weighted by atomic mass is 19.4. The van der Waals surface area contributed by atoms with E-state index in [1.165, 1.54) is 0 Å². The standard InChI is InChI=1S/C8H8F3NO4/c9-8(10,11)7(16)12-2-1-4(6(14)15)5(13)3-12/h4H,1-3H2,(H,14,15). The van der Waals surface area contributed by atoms with Crippen LogP contribution in [0.15, 0.2) is 0 Å². The van der Waals surface area contributed by atoms with E-state index >= 15 is 0 Å². The number of nitrogens with zero attached hydrogens (tertiary/aromatic N) is 1. The van der Waals surface area contributed by atoms with E-state index in [0.29, 0.717) is 4.90 Å². The van der Waals surface area contributed by atoms with Crippen LogP contribution in [-0.4, -0.2) is 46.9 Å². The van der Waals surface area contributed by atoms with Gasteiger partial charge < -0.3 is 10.0 Å². The van der Waals surface area contributed by atoms with Crippen molar-refractivity contribution in [2.45, 2.75) is 12.6 Å². The second-order valence-electron chi connectivity index (χ2n) is 3.37. The maximum Gasteiger partial charge on any atom is 0.471 e. The first-order valence-electron chi connectivity index (χ1n) is 4.35. The van der Waals surface area contributed by atoms with E-state index in [1.807, 2.05) is 0 Å². The first-order valence-corrected chi connectivity index (χ1v) is 4.35. The summed E-state index contributed by atoms with van der Waals surface area (Å²) in [5.74, 6) is -5.66. The van der Waals surface area contributed by atoms with Crippen molar-refractivity contribution in [1.29, 1.82) is 0 Å². The fraction of sp³-hybridized carbons (Fsp3) is 0.625. The third kappa shape index (κ3) is 2.50. The molecule has 16 heavy (non-hydrogen) atoms. The van der Waals surface area contributed by atoms with E-state index in [0.717, 1.165) is 0 Å². The number of halogens is 3. The lowest BCUT2D eigenvalue weighted by atomic mass is 9.95. The van der Waals surface area contributed by atoms with E-state index in [2.05, 4.69) is 0 Å². The van der Waals surface area contributed by atoms with Crippen molar-refractivity contribution in [1.82, 2.24) is 4.90 Å². The summed E-state index contributed by atoms with van der Waals surface area (Å²) >= 11 is 0. The molecule has 8 heteroatoms. The number of carbonyl (C=O) groups excluding carboxylic acids is 2. The van der Waals surface area contributed by atoms with E-state index < -0.39 is 36.3 Å². The molecule has 0 aromatic rings. The highest BCUT2D eigenvalue weighted by molar-refractivity contribution is 6.01. The molecular formula is C8H8F3NO4. The van der Waals surface area contributed by atoms with Gasteiger partial charge >= 0.3 is 18.1 Å². The highest BCUT2D eigenvalue weighted by Crippen LogP contribution is 2.22. The van der Waals surface area contributed by atoms with Crippen LogP contribution in [0.2, 0.25) is 0 Å². The summed E-state index contributed by atoms with van der Waals surface area (Å²) in [4.78, 5) is 32.7. The molecule has 1 aliphatic rings. The van der Waals surface area contributed by atoms with E-state index in [9.17, 15) is 27.6 Å². The molecule has 0 radical (unpaired) electrons. The van der Waals surface area contributed by atoms with Gasteiger partial charge in [-0.05, 0) is 6.42 Å². The number of amides is 1. The summed E-state index contributed by atoms with van der Waals surface area (Å²) < 4.78 is 36.0. The summed E-state index contributed by atoms with van der Waals surface area (Å²) in [6.45, 7) is -1.17. The third-order valence-electron chi connectivity index (χ3n) is 2.25. The highest BCUT2D eigenvalue weighted by Gasteiger charge is 2.45. The van der Waals surface area contributed by atoms with Gasteiger partial charge in [0.1, 0.15) is 5.92 Å². The number of alkyl halides is 3. The predicted molar refractivity (Wildman–Crippen MR) is 43.4 cm³/mol. The number of ketones is 1. The van der Waals surface area contributed by atoms with E-state index in [4.69, 9.17) is 5.11 Å². The fourth-order valence-corrected chi connectivity index (χ4v) is 1.44. The fourth-order valence-electron chi connectivity index (χ4n) is 1.44. The lowest BCUT2D eigenvalue weighted by Gasteiger charge is -2.29. The van der Waals surface area contributed by atoms with Gasteiger partial charge in [0, 0.05) is 6.54 Å². The van der Waals surface area contributed by atoms with Crippen molar-refractivity contribution in [3.8, 4) is 0 Å². The second kappa shape index (κ2) is 4.11. The van der Waals surface area contributed by atoms with Gasteiger partial charge in [-0.25, -0.2) is 0 Å². The summed E-state index contributed by atoms with van der Waals surface area (Å²) in [5, 5.41) is 8.55. The molecule has 1 aliphatic heterocycles. The predicted octanol–water partition coefficient (Wildman–Crippen LogP) is 0.0509. The van der Waals surface area contributed by atoms with Crippen molar-refractivity contribution >= 4 is 17.7 Å². The number of piperidine rings is 1. The number of hydrogen-bond donors (Lipinski definition) is 1. The number of likely N-dealkylation sites (tertiary alicyclic amines) is 1. The third-order valence-corrected chi connectivity index (χ3v) is 2.25. The summed E-state index contributed by atoms with van der Waals surface area (Å²) in [6, 6.07) is 0. The summed E-state index contributed by atoms with van der Waals surface area (Å²) in [6.07, 6.45) is -5.31. The Kier molecular flexibility index (Phi) is 3.20. The lowest BCUT2D eigenvalue weighted by molar-refractivity contribution is -0.187. The quantitative estimate of drug-likeness (QED) is 0.656. The zero-order chi connectivity index (χ0) is 12.5. The molecule has 1 heterocycles. The van der Waals surface area contributed by atoms with E-state index in [-0.39, 0.29) is 13.0 Å². The molecule has 1 N–H and O–H groups in total. The first-order chi connectivity index (χ1) is 7.23. The van der Waals surface area contributed by atoms with Gasteiger partial charge in [0.15, 0.2) is 5.78 Å². The van der Waals surface area contributed by atoms with Gasteiger partial charge in [-0.2, -0.15) is 13.2 Å². The number of Topliss-reactive ketones (excluding diaryl/α,β-unsaturated/α-hetero) is 1. The zero-order valence-corrected chi connectivity index (χ0v) is 7.95. The monoisotopic (exact) mass is 239 g/mol. The molecule has 0 aromatic carbocycles. The first kappa shape index (κ1) is 12.5. The average molecular weight is 239 g/mol. The summed E-state index contributed by atoms with van der Waals surface area (Å²) in [5.41, 5.74) is 0. The van der Waals surface area contributed by atoms with Crippen LogP contribution >= 0.6 is 0 Å². The number of carboxylic acids is 1. The van der Waals surface area contributed by atoms with Crippen LogP contribution in [0.1, 0.15) is 6.42 Å². The van der Waals surface area contributed by atoms with Crippen LogP contribution in [-0.2, 0) is 14.4 Å². The molecule has 5 nitrogen and oxygen atoms in total. The van der Waals surface area contributed by atoms with Crippen molar-refractivity contribution < 1.29 is 32.7 Å². The molecule has 1 atom stereocenters. The molecule has 1 unspecified atom stereocenters. The van der Waals surface area contributed by atoms with Crippen molar-refractivity contribution in [2.75, 3.05) is 13.1 Å². The Balaban J connectivity index is 2.69. The zero-order valence-electron chi connectivity index (χ0n) is 7.95. The Morgan fingerprint density at radius 2 is 1.94 bits per heavy atom. The molecule has 1 fully saturated rings. The van der Waals surface area contributed by atoms with Gasteiger partial charge in [-0.15, -0.1) is 0 Å². The largest absolute Gasteiger partial charge is 0.481 e. The maximum absolute atomic E-state index is 12.0. The van der Waals surface area contributed by atoms with Crippen LogP contribution in [0, 0.1) is 5.92 Å². The van der Waals surface area contributed by atoms with Crippen molar-refractivity contribution in [3.05, 3.63) is 0 Å². The number of carbonyl (C=O) groups is 3. The smallest absolute Gasteiger partial charge is 0.471 e. The van der Waals surface area contributed by atoms with Crippen LogP contribution in [0.4, 0.5) is 13.2 Å². The Labute approximate surface area is 87.8 Å². The van der Waals surface area contributed by atoms with Crippen LogP contribution < -0.4 is 0 Å². The van der Waals surface area contributed by atoms with Crippen LogP contribution in [0.5, 0.6) is 0 Å². The minimum atomic E-state index is -5.03. The lowest BCUT2D eigenvalue weighted by Crippen LogP contribution is -2.50. The SMILES string of the molecule is O=C(O)C1CCN(C(=O)C(F)(F)F)CC1=O. The van der Waals surface area contributed by atoms with Gasteiger partial charge in [0.25, 0.3) is 0 Å². The Bertz CT molecular complexity index is 339. The van der Waals surface area contributed by atoms with Crippen molar-refractivity contribution in [2.24, 2.45) is 5.92 Å². The van der Waals surface area contributed by atoms with Gasteiger partial charge in [0.2, 0.25) is 0 Å². The Morgan fingerprint density at radius 1 is 1.38 bits per heavy atom. The van der Waals surface area contributed by atoms with Gasteiger partial charge in [0.05, 0.1) is 6.54 Å². The maximum atomic E-state index is 12.0. The average Bonchev–Trinajstić information content (AvgIpc) is 2.14. The number of carboxylic acid groups (broad SMARTS) is 1. The van der Waals surface area contributed by atoms with Crippen molar-refractivity contribution in [3.63, 3.8) is 0 Å². The minimum Gasteiger partial charge on any atom is -0.481 e. The minimum absolute atomic E-state index is 0.282. The van der Waals surface area contributed by atoms with Gasteiger partial charge in [-0.3, -0.25) is 14.4 Å². The molecule has 0 spiro atoms. The van der Waals surface area contributed by atoms with Gasteiger partial charge in [-0.1, -0.05) is 0 Å². The normalized spacial score (nSPS) is 22.1. The van der Waals surface area contributed by atoms with Crippen LogP contribution in [0.3, 0.4) is 0 Å². The molecule has 1 rings (SSSR count). The second-order valence-corrected chi connectivity index (χ2v) is 3.37. The molecule has 90 valence electrons. The van der Waals surface area contributed by atoms with Crippen LogP contribution in [0.25, 0.3) is 0 Å². The number of hydrogen-bond acceptors (Lipinski definition) is 3. The number of aliphatic carboxylic acids is 1. The Hall–Kier alpha value is -1.60. The molecule has 0 aromatic heterocycles. The topological polar surface area (TPSA) is 74.7 Å².